The topological polar surface area (TPSA) is 43.5 Å². The molecule has 17 heavy (non-hydrogen) atoms. The first kappa shape index (κ1) is 9.78. The van der Waals surface area contributed by atoms with Gasteiger partial charge in [0.05, 0.1) is 6.21 Å². The standard InChI is InChI=1S/C14H9N2O/c17-14-8-11(9-15-16-14)13-7-3-5-10-4-1-2-6-12(10)13/h1-9H. The lowest BCUT2D eigenvalue weighted by Crippen LogP contribution is -2.12. The molecule has 1 aliphatic rings. The summed E-state index contributed by atoms with van der Waals surface area (Å²) < 4.78 is 0. The summed E-state index contributed by atoms with van der Waals surface area (Å²) in [5.74, 6) is -0.310. The third-order valence-corrected chi connectivity index (χ3v) is 2.73. The van der Waals surface area contributed by atoms with Gasteiger partial charge >= 0.3 is 0 Å². The van der Waals surface area contributed by atoms with Gasteiger partial charge in [0.15, 0.2) is 0 Å². The van der Waals surface area contributed by atoms with Gasteiger partial charge in [0.2, 0.25) is 0 Å². The summed E-state index contributed by atoms with van der Waals surface area (Å²) in [7, 11) is 0. The highest BCUT2D eigenvalue weighted by Crippen LogP contribution is 2.24. The lowest BCUT2D eigenvalue weighted by atomic mass is 9.98. The van der Waals surface area contributed by atoms with Crippen LogP contribution < -0.4 is 5.43 Å². The Hall–Kier alpha value is -2.42. The van der Waals surface area contributed by atoms with Crippen molar-refractivity contribution in [3.8, 4) is 0 Å². The van der Waals surface area contributed by atoms with Crippen molar-refractivity contribution in [1.29, 1.82) is 0 Å². The smallest absolute Gasteiger partial charge is 0.266 e. The molecule has 1 radical (unpaired) electrons. The van der Waals surface area contributed by atoms with Gasteiger partial charge in [0, 0.05) is 11.6 Å². The van der Waals surface area contributed by atoms with E-state index in [4.69, 9.17) is 0 Å². The molecule has 0 atom stereocenters. The maximum absolute atomic E-state index is 11.2. The van der Waals surface area contributed by atoms with Crippen molar-refractivity contribution in [2.45, 2.75) is 0 Å². The Balaban J connectivity index is 2.24. The molecule has 81 valence electrons. The molecule has 0 spiro atoms. The second kappa shape index (κ2) is 3.87. The summed E-state index contributed by atoms with van der Waals surface area (Å²) in [5, 5.41) is 5.97. The predicted octanol–water partition coefficient (Wildman–Crippen LogP) is 2.35. The molecule has 0 aromatic heterocycles. The van der Waals surface area contributed by atoms with Crippen molar-refractivity contribution >= 4 is 28.5 Å². The van der Waals surface area contributed by atoms with Gasteiger partial charge in [-0.1, -0.05) is 42.5 Å². The molecule has 0 bridgehead atoms. The van der Waals surface area contributed by atoms with Crippen LogP contribution in [0.4, 0.5) is 0 Å². The second-order valence-electron chi connectivity index (χ2n) is 3.81. The van der Waals surface area contributed by atoms with Crippen molar-refractivity contribution in [3.63, 3.8) is 0 Å². The molecule has 3 rings (SSSR count). The minimum atomic E-state index is -0.310. The highest BCUT2D eigenvalue weighted by molar-refractivity contribution is 6.21. The Morgan fingerprint density at radius 1 is 0.941 bits per heavy atom. The lowest BCUT2D eigenvalue weighted by Gasteiger charge is -2.08. The summed E-state index contributed by atoms with van der Waals surface area (Å²) in [5.41, 5.74) is 5.26. The van der Waals surface area contributed by atoms with E-state index in [-0.39, 0.29) is 5.91 Å². The molecule has 2 aromatic rings. The summed E-state index contributed by atoms with van der Waals surface area (Å²) >= 11 is 0. The van der Waals surface area contributed by atoms with E-state index in [0.717, 1.165) is 21.9 Å². The van der Waals surface area contributed by atoms with Crippen LogP contribution in [0.15, 0.2) is 53.6 Å². The van der Waals surface area contributed by atoms with E-state index >= 15 is 0 Å². The van der Waals surface area contributed by atoms with Gasteiger partial charge in [-0.15, -0.1) is 5.43 Å². The quantitative estimate of drug-likeness (QED) is 0.728. The normalized spacial score (nSPS) is 14.6. The van der Waals surface area contributed by atoms with Crippen LogP contribution in [0, 0.1) is 0 Å². The Kier molecular flexibility index (Phi) is 2.22. The average Bonchev–Trinajstić information content (AvgIpc) is 2.38. The molecule has 0 aliphatic carbocycles. The van der Waals surface area contributed by atoms with E-state index in [0.29, 0.717) is 0 Å². The molecule has 1 aliphatic heterocycles. The summed E-state index contributed by atoms with van der Waals surface area (Å²) in [6.07, 6.45) is 3.12. The zero-order chi connectivity index (χ0) is 11.7. The minimum absolute atomic E-state index is 0.310. The van der Waals surface area contributed by atoms with Crippen LogP contribution in [0.25, 0.3) is 16.3 Å². The molecule has 0 N–H and O–H groups in total. The summed E-state index contributed by atoms with van der Waals surface area (Å²) in [6.45, 7) is 0. The van der Waals surface area contributed by atoms with Gasteiger partial charge in [-0.25, -0.2) is 0 Å². The van der Waals surface area contributed by atoms with Crippen LogP contribution in [-0.2, 0) is 4.79 Å². The van der Waals surface area contributed by atoms with Crippen molar-refractivity contribution in [3.05, 3.63) is 54.1 Å². The van der Waals surface area contributed by atoms with Gasteiger partial charge < -0.3 is 0 Å². The van der Waals surface area contributed by atoms with E-state index in [1.807, 2.05) is 42.5 Å². The first-order chi connectivity index (χ1) is 8.34. The first-order valence-corrected chi connectivity index (χ1v) is 5.32. The van der Waals surface area contributed by atoms with E-state index in [1.54, 1.807) is 6.21 Å². The van der Waals surface area contributed by atoms with Gasteiger partial charge in [0.25, 0.3) is 5.91 Å². The Morgan fingerprint density at radius 2 is 1.76 bits per heavy atom. The number of hydrogen-bond donors (Lipinski definition) is 0. The molecule has 0 saturated carbocycles. The maximum Gasteiger partial charge on any atom is 0.288 e. The molecular weight excluding hydrogens is 212 g/mol. The minimum Gasteiger partial charge on any atom is -0.266 e. The van der Waals surface area contributed by atoms with Crippen LogP contribution >= 0.6 is 0 Å². The maximum atomic E-state index is 11.2. The molecule has 1 heterocycles. The zero-order valence-corrected chi connectivity index (χ0v) is 9.00. The van der Waals surface area contributed by atoms with Gasteiger partial charge in [-0.05, 0) is 16.3 Å². The fourth-order valence-corrected chi connectivity index (χ4v) is 1.97. The molecule has 1 amide bonds. The number of fused-ring (bicyclic) bond motifs is 1. The molecule has 2 aromatic carbocycles. The van der Waals surface area contributed by atoms with Crippen LogP contribution in [-0.4, -0.2) is 12.1 Å². The van der Waals surface area contributed by atoms with Crippen LogP contribution in [0.5, 0.6) is 0 Å². The first-order valence-electron chi connectivity index (χ1n) is 5.32. The van der Waals surface area contributed by atoms with E-state index in [2.05, 4.69) is 10.5 Å². The Labute approximate surface area is 98.5 Å². The van der Waals surface area contributed by atoms with Crippen molar-refractivity contribution < 1.29 is 4.79 Å². The number of carbonyl (C=O) groups is 1. The number of nitrogens with zero attached hydrogens (tertiary/aromatic N) is 2. The average molecular weight is 221 g/mol. The van der Waals surface area contributed by atoms with Crippen LogP contribution in [0.1, 0.15) is 5.56 Å². The summed E-state index contributed by atoms with van der Waals surface area (Å²) in [4.78, 5) is 11.2. The van der Waals surface area contributed by atoms with Crippen LogP contribution in [0.3, 0.4) is 0 Å². The number of allylic oxidation sites excluding steroid dienone is 1. The number of benzene rings is 2. The van der Waals surface area contributed by atoms with E-state index < -0.39 is 0 Å². The van der Waals surface area contributed by atoms with Gasteiger partial charge in [-0.3, -0.25) is 4.79 Å². The molecule has 3 heteroatoms. The fraction of sp³-hybridized carbons (Fsp3) is 0. The second-order valence-corrected chi connectivity index (χ2v) is 3.81. The largest absolute Gasteiger partial charge is 0.288 e. The van der Waals surface area contributed by atoms with Crippen LogP contribution in [0.2, 0.25) is 0 Å². The highest BCUT2D eigenvalue weighted by Gasteiger charge is 2.10. The van der Waals surface area contributed by atoms with Gasteiger partial charge in [-0.2, -0.15) is 5.10 Å². The number of hydrogen-bond acceptors (Lipinski definition) is 2. The number of carbonyl (C=O) groups excluding carboxylic acids is 1. The van der Waals surface area contributed by atoms with E-state index in [9.17, 15) is 4.79 Å². The molecule has 3 nitrogen and oxygen atoms in total. The molecule has 0 unspecified atom stereocenters. The van der Waals surface area contributed by atoms with Crippen molar-refractivity contribution in [2.75, 3.05) is 0 Å². The van der Waals surface area contributed by atoms with Gasteiger partial charge in [0.1, 0.15) is 0 Å². The SMILES string of the molecule is O=C1C=C(c2cccc3ccccc23)C=N[N]1. The molecule has 0 saturated heterocycles. The Bertz CT molecular complexity index is 651. The van der Waals surface area contributed by atoms with Crippen molar-refractivity contribution in [2.24, 2.45) is 5.10 Å². The Morgan fingerprint density at radius 3 is 2.65 bits per heavy atom. The lowest BCUT2D eigenvalue weighted by molar-refractivity contribution is -0.116. The van der Waals surface area contributed by atoms with Crippen molar-refractivity contribution in [1.82, 2.24) is 5.43 Å². The summed E-state index contributed by atoms with van der Waals surface area (Å²) in [6, 6.07) is 14.1. The fourth-order valence-electron chi connectivity index (χ4n) is 1.97. The van der Waals surface area contributed by atoms with E-state index in [1.165, 1.54) is 6.08 Å². The highest BCUT2D eigenvalue weighted by atomic mass is 16.2. The zero-order valence-electron chi connectivity index (χ0n) is 9.00. The third-order valence-electron chi connectivity index (χ3n) is 2.73. The molecule has 0 fully saturated rings. The third kappa shape index (κ3) is 1.72. The molecular formula is C14H9N2O. The number of rotatable bonds is 1. The number of amides is 1. The monoisotopic (exact) mass is 221 g/mol. The predicted molar refractivity (Wildman–Crippen MR) is 67.6 cm³/mol.